The number of aliphatic imine (C=N–C) groups is 1. The summed E-state index contributed by atoms with van der Waals surface area (Å²) in [5.74, 6) is 0.847. The predicted octanol–water partition coefficient (Wildman–Crippen LogP) is 2.82. The zero-order valence-corrected chi connectivity index (χ0v) is 12.0. The normalized spacial score (nSPS) is 26.4. The van der Waals surface area contributed by atoms with Crippen molar-refractivity contribution < 1.29 is 14.2 Å². The topological polar surface area (TPSA) is 40.0 Å². The molecular formula is C15H21NO3. The van der Waals surface area contributed by atoms with Gasteiger partial charge >= 0.3 is 0 Å². The molecule has 4 nitrogen and oxygen atoms in total. The molecule has 0 spiro atoms. The largest absolute Gasteiger partial charge is 0.482 e. The number of rotatable bonds is 4. The molecule has 0 amide bonds. The van der Waals surface area contributed by atoms with E-state index in [4.69, 9.17) is 14.2 Å². The smallest absolute Gasteiger partial charge is 0.158 e. The average molecular weight is 263 g/mol. The van der Waals surface area contributed by atoms with Crippen LogP contribution < -0.4 is 4.74 Å². The Morgan fingerprint density at radius 2 is 2.16 bits per heavy atom. The molecule has 104 valence electrons. The van der Waals surface area contributed by atoms with Crippen LogP contribution in [0.25, 0.3) is 0 Å². The lowest BCUT2D eigenvalue weighted by Crippen LogP contribution is -2.45. The summed E-state index contributed by atoms with van der Waals surface area (Å²) >= 11 is 0. The van der Waals surface area contributed by atoms with Gasteiger partial charge in [0.2, 0.25) is 0 Å². The molecule has 0 aliphatic carbocycles. The minimum Gasteiger partial charge on any atom is -0.482 e. The van der Waals surface area contributed by atoms with Gasteiger partial charge in [0.15, 0.2) is 5.60 Å². The van der Waals surface area contributed by atoms with Crippen LogP contribution in [0.3, 0.4) is 0 Å². The van der Waals surface area contributed by atoms with Crippen molar-refractivity contribution >= 4 is 12.4 Å². The summed E-state index contributed by atoms with van der Waals surface area (Å²) in [7, 11) is 1.68. The maximum Gasteiger partial charge on any atom is 0.158 e. The molecule has 0 bridgehead atoms. The Labute approximate surface area is 114 Å². The Bertz CT molecular complexity index is 487. The maximum absolute atomic E-state index is 6.23. The van der Waals surface area contributed by atoms with Gasteiger partial charge in [-0.25, -0.2) is 0 Å². The third kappa shape index (κ3) is 2.51. The summed E-state index contributed by atoms with van der Waals surface area (Å²) in [5, 5.41) is 0. The van der Waals surface area contributed by atoms with Crippen LogP contribution in [0, 0.1) is 13.8 Å². The Balaban J connectivity index is 2.35. The molecule has 2 rings (SSSR count). The minimum absolute atomic E-state index is 0.0633. The molecule has 19 heavy (non-hydrogen) atoms. The second-order valence-electron chi connectivity index (χ2n) is 5.17. The standard InChI is InChI=1S/C15H21NO3/c1-10-6-7-12(16-4)11(2)14(10)19-15(3)9-18-8-13(15)17-5/h6-7,13H,4,8-9H2,1-3,5H3. The Morgan fingerprint density at radius 3 is 2.79 bits per heavy atom. The third-order valence-electron chi connectivity index (χ3n) is 3.70. The number of benzene rings is 1. The molecule has 2 atom stereocenters. The van der Waals surface area contributed by atoms with E-state index in [2.05, 4.69) is 11.7 Å². The predicted molar refractivity (Wildman–Crippen MR) is 75.8 cm³/mol. The van der Waals surface area contributed by atoms with Crippen LogP contribution in [0.5, 0.6) is 5.75 Å². The molecule has 1 aliphatic heterocycles. The first-order valence-corrected chi connectivity index (χ1v) is 6.38. The molecular weight excluding hydrogens is 242 g/mol. The first kappa shape index (κ1) is 14.0. The number of hydrogen-bond donors (Lipinski definition) is 0. The van der Waals surface area contributed by atoms with Crippen molar-refractivity contribution in [2.45, 2.75) is 32.5 Å². The van der Waals surface area contributed by atoms with Gasteiger partial charge in [-0.3, -0.25) is 4.99 Å². The van der Waals surface area contributed by atoms with Gasteiger partial charge in [-0.1, -0.05) is 6.07 Å². The molecule has 1 fully saturated rings. The SMILES string of the molecule is C=Nc1ccc(C)c(OC2(C)COCC2OC)c1C. The van der Waals surface area contributed by atoms with Crippen LogP contribution in [0.15, 0.2) is 17.1 Å². The summed E-state index contributed by atoms with van der Waals surface area (Å²) in [4.78, 5) is 4.02. The first-order chi connectivity index (χ1) is 9.01. The molecule has 1 aliphatic rings. The number of aryl methyl sites for hydroxylation is 1. The highest BCUT2D eigenvalue weighted by atomic mass is 16.6. The van der Waals surface area contributed by atoms with Crippen LogP contribution in [-0.4, -0.2) is 38.7 Å². The summed E-state index contributed by atoms with van der Waals surface area (Å²) in [5.41, 5.74) is 2.45. The zero-order valence-electron chi connectivity index (χ0n) is 12.0. The first-order valence-electron chi connectivity index (χ1n) is 6.38. The molecule has 0 aromatic heterocycles. The summed E-state index contributed by atoms with van der Waals surface area (Å²) in [6.07, 6.45) is -0.0633. The zero-order chi connectivity index (χ0) is 14.0. The van der Waals surface area contributed by atoms with E-state index in [0.29, 0.717) is 13.2 Å². The average Bonchev–Trinajstić information content (AvgIpc) is 2.76. The number of ether oxygens (including phenoxy) is 3. The van der Waals surface area contributed by atoms with Gasteiger partial charge in [0.05, 0.1) is 18.9 Å². The van der Waals surface area contributed by atoms with Crippen molar-refractivity contribution in [3.63, 3.8) is 0 Å². The molecule has 1 aromatic rings. The second-order valence-corrected chi connectivity index (χ2v) is 5.17. The van der Waals surface area contributed by atoms with E-state index in [1.807, 2.05) is 32.9 Å². The highest BCUT2D eigenvalue weighted by Gasteiger charge is 2.43. The lowest BCUT2D eigenvalue weighted by atomic mass is 10.0. The van der Waals surface area contributed by atoms with E-state index in [-0.39, 0.29) is 6.10 Å². The van der Waals surface area contributed by atoms with Gasteiger partial charge in [0.25, 0.3) is 0 Å². The summed E-state index contributed by atoms with van der Waals surface area (Å²) < 4.78 is 17.2. The maximum atomic E-state index is 6.23. The number of hydrogen-bond acceptors (Lipinski definition) is 4. The van der Waals surface area contributed by atoms with Gasteiger partial charge < -0.3 is 14.2 Å². The van der Waals surface area contributed by atoms with E-state index in [1.54, 1.807) is 7.11 Å². The van der Waals surface area contributed by atoms with E-state index < -0.39 is 5.60 Å². The van der Waals surface area contributed by atoms with E-state index in [1.165, 1.54) is 0 Å². The molecule has 0 radical (unpaired) electrons. The van der Waals surface area contributed by atoms with E-state index >= 15 is 0 Å². The highest BCUT2D eigenvalue weighted by Crippen LogP contribution is 2.36. The van der Waals surface area contributed by atoms with E-state index in [0.717, 1.165) is 22.6 Å². The highest BCUT2D eigenvalue weighted by molar-refractivity contribution is 5.59. The van der Waals surface area contributed by atoms with Crippen molar-refractivity contribution in [3.05, 3.63) is 23.3 Å². The lowest BCUT2D eigenvalue weighted by molar-refractivity contribution is -0.0309. The molecule has 0 N–H and O–H groups in total. The van der Waals surface area contributed by atoms with Crippen LogP contribution in [0.4, 0.5) is 5.69 Å². The van der Waals surface area contributed by atoms with Gasteiger partial charge in [0.1, 0.15) is 11.9 Å². The summed E-state index contributed by atoms with van der Waals surface area (Å²) in [6.45, 7) is 10.7. The molecule has 1 heterocycles. The fourth-order valence-electron chi connectivity index (χ4n) is 2.43. The Kier molecular flexibility index (Phi) is 3.92. The second kappa shape index (κ2) is 5.31. The van der Waals surface area contributed by atoms with Gasteiger partial charge in [-0.2, -0.15) is 0 Å². The number of methoxy groups -OCH3 is 1. The van der Waals surface area contributed by atoms with Crippen LogP contribution in [0.1, 0.15) is 18.1 Å². The Hall–Kier alpha value is -1.39. The fourth-order valence-corrected chi connectivity index (χ4v) is 2.43. The number of nitrogens with zero attached hydrogens (tertiary/aromatic N) is 1. The van der Waals surface area contributed by atoms with Crippen molar-refractivity contribution in [1.29, 1.82) is 0 Å². The molecule has 1 aromatic carbocycles. The fraction of sp³-hybridized carbons (Fsp3) is 0.533. The molecule has 1 saturated heterocycles. The monoisotopic (exact) mass is 263 g/mol. The minimum atomic E-state index is -0.468. The van der Waals surface area contributed by atoms with Crippen LogP contribution in [0.2, 0.25) is 0 Å². The lowest BCUT2D eigenvalue weighted by Gasteiger charge is -2.31. The molecule has 4 heteroatoms. The van der Waals surface area contributed by atoms with Crippen LogP contribution >= 0.6 is 0 Å². The quantitative estimate of drug-likeness (QED) is 0.784. The van der Waals surface area contributed by atoms with E-state index in [9.17, 15) is 0 Å². The van der Waals surface area contributed by atoms with Crippen molar-refractivity contribution in [1.82, 2.24) is 0 Å². The molecule has 0 saturated carbocycles. The van der Waals surface area contributed by atoms with Crippen LogP contribution in [-0.2, 0) is 9.47 Å². The van der Waals surface area contributed by atoms with Gasteiger partial charge in [-0.15, -0.1) is 0 Å². The summed E-state index contributed by atoms with van der Waals surface area (Å²) in [6, 6.07) is 3.94. The van der Waals surface area contributed by atoms with Gasteiger partial charge in [-0.05, 0) is 39.1 Å². The Morgan fingerprint density at radius 1 is 1.42 bits per heavy atom. The van der Waals surface area contributed by atoms with Gasteiger partial charge in [0, 0.05) is 12.7 Å². The molecule has 2 unspecified atom stereocenters. The van der Waals surface area contributed by atoms with Crippen molar-refractivity contribution in [3.8, 4) is 5.75 Å². The van der Waals surface area contributed by atoms with Crippen molar-refractivity contribution in [2.75, 3.05) is 20.3 Å². The van der Waals surface area contributed by atoms with Crippen molar-refractivity contribution in [2.24, 2.45) is 4.99 Å². The third-order valence-corrected chi connectivity index (χ3v) is 3.70.